The zero-order chi connectivity index (χ0) is 17.2. The van der Waals surface area contributed by atoms with Crippen molar-refractivity contribution in [3.63, 3.8) is 0 Å². The molecule has 0 fully saturated rings. The quantitative estimate of drug-likeness (QED) is 0.679. The average Bonchev–Trinajstić information content (AvgIpc) is 3.24. The summed E-state index contributed by atoms with van der Waals surface area (Å²) in [6.07, 6.45) is 3.48. The van der Waals surface area contributed by atoms with Gasteiger partial charge < -0.3 is 15.4 Å². The number of fused-ring (bicyclic) bond motifs is 1. The van der Waals surface area contributed by atoms with Gasteiger partial charge in [-0.3, -0.25) is 0 Å². The fourth-order valence-electron chi connectivity index (χ4n) is 2.83. The topological polar surface area (TPSA) is 86.2 Å². The second-order valence-electron chi connectivity index (χ2n) is 5.79. The Morgan fingerprint density at radius 1 is 1.16 bits per heavy atom. The van der Waals surface area contributed by atoms with Gasteiger partial charge in [0.05, 0.1) is 0 Å². The van der Waals surface area contributed by atoms with Crippen LogP contribution >= 0.6 is 0 Å². The Bertz CT molecular complexity index is 972. The molecule has 6 heteroatoms. The van der Waals surface area contributed by atoms with Crippen LogP contribution < -0.4 is 5.32 Å². The minimum atomic E-state index is -0.0358. The Morgan fingerprint density at radius 3 is 2.84 bits per heavy atom. The van der Waals surface area contributed by atoms with E-state index in [2.05, 4.69) is 25.3 Å². The molecule has 0 bridgehead atoms. The minimum Gasteiger partial charge on any atom is -0.492 e. The normalized spacial score (nSPS) is 14.4. The van der Waals surface area contributed by atoms with Crippen molar-refractivity contribution in [1.82, 2.24) is 15.0 Å². The molecule has 3 aromatic rings. The van der Waals surface area contributed by atoms with Gasteiger partial charge in [-0.15, -0.1) is 0 Å². The maximum Gasteiger partial charge on any atom is 0.238 e. The van der Waals surface area contributed by atoms with Crippen molar-refractivity contribution in [3.05, 3.63) is 65.5 Å². The first-order valence-electron chi connectivity index (χ1n) is 8.00. The fraction of sp³-hybridized carbons (Fsp3) is 0.105. The zero-order valence-electron chi connectivity index (χ0n) is 13.7. The highest BCUT2D eigenvalue weighted by atomic mass is 16.3. The number of hydrogen-bond donors (Lipinski definition) is 3. The predicted octanol–water partition coefficient (Wildman–Crippen LogP) is 3.77. The van der Waals surface area contributed by atoms with Gasteiger partial charge in [0.25, 0.3) is 0 Å². The molecular formula is C19H17N5O. The van der Waals surface area contributed by atoms with Gasteiger partial charge in [0.1, 0.15) is 5.69 Å². The standard InChI is InChI=1S/C19H17N5O/c1-12(15-11-21-17-14(15)8-5-9-20-17)16-18(25)24-19(23-16)22-10-13-6-3-2-4-7-13/h2-9,11,25H,10H2,1H3,(H2,22,23,24). The van der Waals surface area contributed by atoms with Crippen LogP contribution in [0.4, 0.5) is 11.8 Å². The maximum atomic E-state index is 10.2. The molecule has 2 aromatic heterocycles. The highest BCUT2D eigenvalue weighted by Gasteiger charge is 2.19. The minimum absolute atomic E-state index is 0.0358. The monoisotopic (exact) mass is 331 g/mol. The molecule has 0 unspecified atom stereocenters. The molecule has 3 heterocycles. The number of H-pyrrole nitrogens is 1. The molecule has 1 aromatic carbocycles. The number of rotatable bonds is 4. The van der Waals surface area contributed by atoms with Gasteiger partial charge in [-0.1, -0.05) is 30.3 Å². The predicted molar refractivity (Wildman–Crippen MR) is 98.9 cm³/mol. The second-order valence-corrected chi connectivity index (χ2v) is 5.79. The third kappa shape index (κ3) is 2.89. The van der Waals surface area contributed by atoms with Crippen molar-refractivity contribution < 1.29 is 5.11 Å². The number of allylic oxidation sites excluding steroid dienone is 2. The second kappa shape index (κ2) is 6.24. The lowest BCUT2D eigenvalue weighted by Crippen LogP contribution is -2.00. The first kappa shape index (κ1) is 15.1. The third-order valence-electron chi connectivity index (χ3n) is 4.16. The molecule has 25 heavy (non-hydrogen) atoms. The Kier molecular flexibility index (Phi) is 3.78. The van der Waals surface area contributed by atoms with Crippen LogP contribution in [0.3, 0.4) is 0 Å². The van der Waals surface area contributed by atoms with Gasteiger partial charge in [-0.25, -0.2) is 9.98 Å². The first-order chi connectivity index (χ1) is 12.2. The Hall–Kier alpha value is -3.41. The zero-order valence-corrected chi connectivity index (χ0v) is 13.7. The van der Waals surface area contributed by atoms with Gasteiger partial charge in [-0.2, -0.15) is 4.98 Å². The van der Waals surface area contributed by atoms with E-state index >= 15 is 0 Å². The summed E-state index contributed by atoms with van der Waals surface area (Å²) in [6.45, 7) is 2.55. The molecule has 6 nitrogen and oxygen atoms in total. The van der Waals surface area contributed by atoms with E-state index in [1.54, 1.807) is 12.4 Å². The smallest absolute Gasteiger partial charge is 0.238 e. The van der Waals surface area contributed by atoms with Crippen LogP contribution in [0.1, 0.15) is 23.7 Å². The van der Waals surface area contributed by atoms with Crippen molar-refractivity contribution in [2.45, 2.75) is 13.5 Å². The first-order valence-corrected chi connectivity index (χ1v) is 8.00. The molecule has 0 radical (unpaired) electrons. The third-order valence-corrected chi connectivity index (χ3v) is 4.16. The fourth-order valence-corrected chi connectivity index (χ4v) is 2.83. The largest absolute Gasteiger partial charge is 0.492 e. The Labute approximate surface area is 145 Å². The van der Waals surface area contributed by atoms with Crippen LogP contribution in [-0.4, -0.2) is 26.3 Å². The molecule has 0 aliphatic carbocycles. The SMILES string of the molecule is CC(=C1C=Nc2ncccc21)c1[nH]c(NCc2ccccc2)nc1O. The molecule has 1 aliphatic rings. The highest BCUT2D eigenvalue weighted by molar-refractivity contribution is 6.23. The molecule has 124 valence electrons. The molecule has 0 amide bonds. The molecular weight excluding hydrogens is 314 g/mol. The van der Waals surface area contributed by atoms with E-state index in [9.17, 15) is 5.11 Å². The number of aromatic nitrogens is 3. The number of anilines is 1. The van der Waals surface area contributed by atoms with Crippen molar-refractivity contribution in [1.29, 1.82) is 0 Å². The lowest BCUT2D eigenvalue weighted by Gasteiger charge is -2.05. The lowest BCUT2D eigenvalue weighted by molar-refractivity contribution is 0.455. The van der Waals surface area contributed by atoms with Crippen LogP contribution in [0.2, 0.25) is 0 Å². The van der Waals surface area contributed by atoms with E-state index in [0.717, 1.165) is 22.3 Å². The van der Waals surface area contributed by atoms with E-state index in [-0.39, 0.29) is 5.88 Å². The highest BCUT2D eigenvalue weighted by Crippen LogP contribution is 2.36. The van der Waals surface area contributed by atoms with E-state index < -0.39 is 0 Å². The van der Waals surface area contributed by atoms with Gasteiger partial charge in [0.2, 0.25) is 11.8 Å². The molecule has 0 saturated carbocycles. The van der Waals surface area contributed by atoms with Crippen LogP contribution in [0, 0.1) is 0 Å². The van der Waals surface area contributed by atoms with Crippen LogP contribution in [-0.2, 0) is 6.54 Å². The molecule has 3 N–H and O–H groups in total. The van der Waals surface area contributed by atoms with Crippen LogP contribution in [0.5, 0.6) is 5.88 Å². The molecule has 0 saturated heterocycles. The summed E-state index contributed by atoms with van der Waals surface area (Å²) in [7, 11) is 0. The van der Waals surface area contributed by atoms with Crippen molar-refractivity contribution in [2.75, 3.05) is 5.32 Å². The van der Waals surface area contributed by atoms with Crippen molar-refractivity contribution >= 4 is 29.1 Å². The Balaban J connectivity index is 1.61. The number of aromatic hydroxyl groups is 1. The van der Waals surface area contributed by atoms with Gasteiger partial charge >= 0.3 is 0 Å². The van der Waals surface area contributed by atoms with Gasteiger partial charge in [0.15, 0.2) is 5.82 Å². The molecule has 1 aliphatic heterocycles. The summed E-state index contributed by atoms with van der Waals surface area (Å²) in [5.41, 5.74) is 4.46. The summed E-state index contributed by atoms with van der Waals surface area (Å²) in [5, 5.41) is 13.4. The van der Waals surface area contributed by atoms with Gasteiger partial charge in [-0.05, 0) is 30.2 Å². The summed E-state index contributed by atoms with van der Waals surface area (Å²) in [4.78, 5) is 15.9. The van der Waals surface area contributed by atoms with Crippen molar-refractivity contribution in [3.8, 4) is 5.88 Å². The van der Waals surface area contributed by atoms with Crippen LogP contribution in [0.15, 0.2) is 53.7 Å². The summed E-state index contributed by atoms with van der Waals surface area (Å²) < 4.78 is 0. The summed E-state index contributed by atoms with van der Waals surface area (Å²) in [6, 6.07) is 13.9. The summed E-state index contributed by atoms with van der Waals surface area (Å²) in [5.74, 6) is 1.18. The summed E-state index contributed by atoms with van der Waals surface area (Å²) >= 11 is 0. The van der Waals surface area contributed by atoms with Gasteiger partial charge in [0, 0.05) is 30.1 Å². The Morgan fingerprint density at radius 2 is 2.00 bits per heavy atom. The number of aromatic amines is 1. The van der Waals surface area contributed by atoms with E-state index in [0.29, 0.717) is 24.0 Å². The lowest BCUT2D eigenvalue weighted by atomic mass is 10.0. The number of aliphatic imine (C=N–C) groups is 1. The van der Waals surface area contributed by atoms with E-state index in [4.69, 9.17) is 0 Å². The number of pyridine rings is 1. The number of hydrogen-bond acceptors (Lipinski definition) is 5. The molecule has 0 spiro atoms. The molecule has 0 atom stereocenters. The van der Waals surface area contributed by atoms with Crippen LogP contribution in [0.25, 0.3) is 11.1 Å². The van der Waals surface area contributed by atoms with Crippen molar-refractivity contribution in [2.24, 2.45) is 4.99 Å². The van der Waals surface area contributed by atoms with E-state index in [1.807, 2.05) is 49.4 Å². The number of nitrogens with zero attached hydrogens (tertiary/aromatic N) is 3. The number of nitrogens with one attached hydrogen (secondary N) is 2. The van der Waals surface area contributed by atoms with E-state index in [1.165, 1.54) is 0 Å². The number of imidazole rings is 1. The number of benzene rings is 1. The molecule has 4 rings (SSSR count). The maximum absolute atomic E-state index is 10.2. The average molecular weight is 331 g/mol.